The Morgan fingerprint density at radius 1 is 0.689 bits per heavy atom. The summed E-state index contributed by atoms with van der Waals surface area (Å²) in [5, 5.41) is 7.00. The average Bonchev–Trinajstić information content (AvgIpc) is 2.99. The van der Waals surface area contributed by atoms with Gasteiger partial charge in [-0.1, -0.05) is 142 Å². The third-order valence-electron chi connectivity index (χ3n) is 5.69. The standard InChI is InChI=1S/2C12H18N2.C2H3I3.C2H4I.C2H6.CH4O.CH3.2HI.2V/c2*1-13-7-9-14(10-8-13)11-12-5-3-2-4-6-12;1-2(3,4)5;1-2-3;2*1-2;;;;;/h2*2-6H,7-11H2,1H3;1H3;2H,1H3;1-2H3;2H,1H3;1H3;2*1H;;/q;;;-1;;;-1;;;;+2/p-2. The Morgan fingerprint density at radius 3 is 1.09 bits per heavy atom. The van der Waals surface area contributed by atoms with E-state index in [1.807, 2.05) is 25.2 Å². The van der Waals surface area contributed by atoms with Gasteiger partial charge in [0.2, 0.25) is 0 Å². The number of benzene rings is 2. The maximum atomic E-state index is 7.00. The van der Waals surface area contributed by atoms with Crippen LogP contribution in [0.15, 0.2) is 60.7 Å². The average molecular weight is 1380 g/mol. The molecule has 2 aromatic rings. The topological polar surface area (TPSA) is 33.2 Å². The quantitative estimate of drug-likeness (QED) is 0.188. The van der Waals surface area contributed by atoms with E-state index in [1.165, 1.54) is 63.5 Å². The van der Waals surface area contributed by atoms with Crippen LogP contribution in [0.2, 0.25) is 0 Å². The molecule has 264 valence electrons. The molecule has 0 unspecified atom stereocenters. The molecule has 1 N–H and O–H groups in total. The largest absolute Gasteiger partial charge is 0 e. The third kappa shape index (κ3) is 43.9. The normalized spacial score (nSPS) is 14.6. The van der Waals surface area contributed by atoms with Crippen LogP contribution in [0.4, 0.5) is 0 Å². The number of rotatable bonds is 4. The van der Waals surface area contributed by atoms with Gasteiger partial charge in [0.15, 0.2) is 0 Å². The predicted molar refractivity (Wildman–Crippen MR) is 247 cm³/mol. The Morgan fingerprint density at radius 2 is 0.889 bits per heavy atom. The van der Waals surface area contributed by atoms with Gasteiger partial charge in [0.05, 0.1) is 0 Å². The number of nitrogens with zero attached hydrogens (tertiary/aromatic N) is 4. The molecule has 1 radical (unpaired) electrons. The van der Waals surface area contributed by atoms with Crippen molar-refractivity contribution in [1.82, 2.24) is 19.6 Å². The van der Waals surface area contributed by atoms with E-state index in [0.29, 0.717) is 8.90 Å². The number of hydrogen-bond acceptors (Lipinski definition) is 5. The molecule has 13 heteroatoms. The fourth-order valence-electron chi connectivity index (χ4n) is 3.70. The summed E-state index contributed by atoms with van der Waals surface area (Å²) in [4.78, 5) is 9.83. The monoisotopic (exact) mass is 1380 g/mol. The number of likely N-dealkylation sites (N-methyl/N-ethyl adjacent to an activating group) is 2. The number of halogens is 6. The van der Waals surface area contributed by atoms with Gasteiger partial charge in [-0.3, -0.25) is 14.2 Å². The zero-order valence-corrected chi connectivity index (χ0v) is 44.1. The number of hydrogen-bond donors (Lipinski definition) is 1. The fraction of sp³-hybridized carbons (Fsp3) is 0.562. The molecule has 0 aliphatic carbocycles. The van der Waals surface area contributed by atoms with Crippen LogP contribution in [0.25, 0.3) is 0 Å². The molecule has 0 spiro atoms. The SMILES string of the molecule is CC.CC(I)(I)I.CN1CCN(Cc2ccccc2)CC1.CN1CCN(Cc2ccccc2)CC1.CO.C[CH-]I.[CH3-].[I][V][I].[V]. The van der Waals surface area contributed by atoms with Gasteiger partial charge in [0.25, 0.3) is 0 Å². The molecule has 2 heterocycles. The first-order chi connectivity index (χ1) is 20.5. The van der Waals surface area contributed by atoms with E-state index in [-0.39, 0.29) is 26.0 Å². The fourth-order valence-corrected chi connectivity index (χ4v) is 3.70. The minimum absolute atomic E-state index is 0. The zero-order valence-electron chi connectivity index (χ0n) is 28.3. The molecule has 5 nitrogen and oxygen atoms in total. The van der Waals surface area contributed by atoms with Gasteiger partial charge >= 0.3 is 49.4 Å². The molecule has 2 saturated heterocycles. The van der Waals surface area contributed by atoms with Crippen LogP contribution in [0.1, 0.15) is 38.8 Å². The molecule has 0 amide bonds. The second-order valence-electron chi connectivity index (χ2n) is 9.19. The van der Waals surface area contributed by atoms with Crippen molar-refractivity contribution in [3.63, 3.8) is 0 Å². The molecule has 0 bridgehead atoms. The molecule has 45 heavy (non-hydrogen) atoms. The van der Waals surface area contributed by atoms with Gasteiger partial charge in [-0.2, -0.15) is 6.92 Å². The van der Waals surface area contributed by atoms with Crippen molar-refractivity contribution in [2.45, 2.75) is 40.2 Å². The summed E-state index contributed by atoms with van der Waals surface area (Å²) in [5.41, 5.74) is 2.86. The van der Waals surface area contributed by atoms with Crippen LogP contribution in [0.5, 0.6) is 0 Å². The van der Waals surface area contributed by atoms with Gasteiger partial charge in [0.1, 0.15) is -0.565 Å². The van der Waals surface area contributed by atoms with E-state index < -0.39 is 0 Å². The van der Waals surface area contributed by atoms with Gasteiger partial charge in [-0.05, 0) is 32.1 Å². The van der Waals surface area contributed by atoms with E-state index in [4.69, 9.17) is 5.11 Å². The molecule has 2 fully saturated rings. The molecule has 0 saturated carbocycles. The van der Waals surface area contributed by atoms with Crippen LogP contribution in [-0.4, -0.2) is 97.7 Å². The maximum absolute atomic E-state index is 7.00. The van der Waals surface area contributed by atoms with Crippen molar-refractivity contribution >= 4 is 130 Å². The first-order valence-corrected chi connectivity index (χ1v) is 27.7. The van der Waals surface area contributed by atoms with E-state index in [2.05, 4.69) is 232 Å². The summed E-state index contributed by atoms with van der Waals surface area (Å²) < 4.78 is 2.38. The van der Waals surface area contributed by atoms with E-state index in [0.717, 1.165) is 20.2 Å². The summed E-state index contributed by atoms with van der Waals surface area (Å²) in [6.07, 6.45) is 0. The second-order valence-corrected chi connectivity index (χ2v) is 34.9. The Labute approximate surface area is 374 Å². The van der Waals surface area contributed by atoms with Gasteiger partial charge in [0, 0.05) is 91.1 Å². The van der Waals surface area contributed by atoms with Crippen LogP contribution >= 0.6 is 130 Å². The Balaban J connectivity index is -0.000000161. The van der Waals surface area contributed by atoms with Gasteiger partial charge < -0.3 is 44.9 Å². The number of aliphatic hydroxyl groups excluding tert-OH is 1. The summed E-state index contributed by atoms with van der Waals surface area (Å²) in [7, 11) is 6.02. The molecule has 2 aromatic carbocycles. The molecule has 2 aliphatic rings. The summed E-state index contributed by atoms with van der Waals surface area (Å²) >= 11 is 14.0. The van der Waals surface area contributed by atoms with E-state index in [1.54, 1.807) is 0 Å². The minimum atomic E-state index is 0. The molecule has 4 rings (SSSR count). The van der Waals surface area contributed by atoms with Gasteiger partial charge in [-0.15, -0.1) is 0 Å². The molecule has 0 aromatic heterocycles. The van der Waals surface area contributed by atoms with Crippen molar-refractivity contribution in [3.05, 3.63) is 83.6 Å². The molecular weight excluding hydrogens is 1320 g/mol. The predicted octanol–water partition coefficient (Wildman–Crippen LogP) is 10.3. The number of alkyl halides is 3. The van der Waals surface area contributed by atoms with Crippen molar-refractivity contribution in [2.24, 2.45) is 0 Å². The third-order valence-corrected chi connectivity index (χ3v) is 5.69. The van der Waals surface area contributed by atoms with Crippen LogP contribution in [0.3, 0.4) is 0 Å². The Bertz CT molecular complexity index is 732. The van der Waals surface area contributed by atoms with E-state index in [9.17, 15) is 0 Å². The minimum Gasteiger partial charge on any atom is 0 e. The van der Waals surface area contributed by atoms with Crippen molar-refractivity contribution < 1.29 is 33.1 Å². The zero-order chi connectivity index (χ0) is 33.5. The maximum Gasteiger partial charge on any atom is 0 e. The summed E-state index contributed by atoms with van der Waals surface area (Å²) in [6.45, 7) is 19.9. The van der Waals surface area contributed by atoms with E-state index >= 15 is 0 Å². The van der Waals surface area contributed by atoms with Crippen molar-refractivity contribution in [1.29, 1.82) is 0 Å². The summed E-state index contributed by atoms with van der Waals surface area (Å²) in [6, 6.07) is 21.4. The van der Waals surface area contributed by atoms with Crippen molar-refractivity contribution in [3.8, 4) is 0 Å². The number of piperazine rings is 2. The first-order valence-electron chi connectivity index (χ1n) is 14.2. The van der Waals surface area contributed by atoms with Crippen LogP contribution in [-0.2, 0) is 41.1 Å². The van der Waals surface area contributed by atoms with Crippen molar-refractivity contribution in [2.75, 3.05) is 73.6 Å². The van der Waals surface area contributed by atoms with Gasteiger partial charge in [-0.25, -0.2) is 0 Å². The first kappa shape index (κ1) is 58.1. The van der Waals surface area contributed by atoms with Crippen LogP contribution < -0.4 is 0 Å². The second kappa shape index (κ2) is 42.2. The molecule has 0 atom stereocenters. The number of aliphatic hydroxyl groups is 1. The Hall–Kier alpha value is 3.79. The van der Waals surface area contributed by atoms with Crippen LogP contribution in [0, 0.1) is 11.9 Å². The smallest absolute Gasteiger partial charge is 0 e. The summed E-state index contributed by atoms with van der Waals surface area (Å²) in [5.74, 6) is 0. The molecular formula is C32H56I6N4OV2-2. The molecule has 2 aliphatic heterocycles. The Kier molecular flexibility index (Phi) is 54.5.